The van der Waals surface area contributed by atoms with E-state index >= 15 is 0 Å². The summed E-state index contributed by atoms with van der Waals surface area (Å²) in [5.74, 6) is 0.915. The van der Waals surface area contributed by atoms with Crippen molar-refractivity contribution in [2.24, 2.45) is 0 Å². The van der Waals surface area contributed by atoms with Crippen molar-refractivity contribution in [1.29, 1.82) is 0 Å². The van der Waals surface area contributed by atoms with Crippen LogP contribution in [-0.4, -0.2) is 15.4 Å². The zero-order valence-electron chi connectivity index (χ0n) is 17.5. The van der Waals surface area contributed by atoms with Crippen molar-refractivity contribution in [3.63, 3.8) is 0 Å². The number of carbonyl (C=O) groups excluding carboxylic acids is 1. The summed E-state index contributed by atoms with van der Waals surface area (Å²) in [6, 6.07) is 24.8. The van der Waals surface area contributed by atoms with Crippen molar-refractivity contribution in [1.82, 2.24) is 9.38 Å². The number of pyridine rings is 1. The number of hydrogen-bond donors (Lipinski definition) is 1. The van der Waals surface area contributed by atoms with Crippen LogP contribution in [-0.2, 0) is 6.54 Å². The number of esters is 1. The smallest absolute Gasteiger partial charge is 0.379 e. The minimum Gasteiger partial charge on any atom is -0.457 e. The van der Waals surface area contributed by atoms with Gasteiger partial charge in [-0.05, 0) is 48.4 Å². The second kappa shape index (κ2) is 8.43. The molecule has 3 heterocycles. The Hall–Kier alpha value is -4.32. The number of hydrogen-bond acceptors (Lipinski definition) is 5. The fraction of sp³-hybridized carbons (Fsp3) is 0.0769. The standard InChI is InChI=1S/C26H21N3O3/c1-18-8-6-14-29-24(18)28-23(25(29)27-17-19-9-3-2-4-10-19)20-11-5-12-21(16-20)32-26(30)22-13-7-15-31-22/h2-16,27H,17H2,1H3. The van der Waals surface area contributed by atoms with Gasteiger partial charge >= 0.3 is 5.97 Å². The molecular formula is C26H21N3O3. The molecule has 2 aromatic carbocycles. The highest BCUT2D eigenvalue weighted by atomic mass is 16.5. The van der Waals surface area contributed by atoms with E-state index in [0.29, 0.717) is 12.3 Å². The van der Waals surface area contributed by atoms with Crippen LogP contribution < -0.4 is 10.1 Å². The molecule has 0 spiro atoms. The Balaban J connectivity index is 1.52. The summed E-state index contributed by atoms with van der Waals surface area (Å²) < 4.78 is 12.7. The van der Waals surface area contributed by atoms with Gasteiger partial charge < -0.3 is 14.5 Å². The van der Waals surface area contributed by atoms with Crippen molar-refractivity contribution in [2.75, 3.05) is 5.32 Å². The Morgan fingerprint density at radius 1 is 1.03 bits per heavy atom. The molecule has 0 amide bonds. The molecule has 0 fully saturated rings. The highest BCUT2D eigenvalue weighted by molar-refractivity contribution is 5.88. The lowest BCUT2D eigenvalue weighted by Crippen LogP contribution is -2.07. The normalized spacial score (nSPS) is 10.9. The van der Waals surface area contributed by atoms with Gasteiger partial charge in [0.1, 0.15) is 22.9 Å². The van der Waals surface area contributed by atoms with E-state index in [2.05, 4.69) is 21.9 Å². The van der Waals surface area contributed by atoms with Gasteiger partial charge in [-0.2, -0.15) is 0 Å². The molecule has 0 radical (unpaired) electrons. The van der Waals surface area contributed by atoms with Gasteiger partial charge in [-0.15, -0.1) is 0 Å². The number of nitrogens with zero attached hydrogens (tertiary/aromatic N) is 2. The minimum absolute atomic E-state index is 0.156. The number of benzene rings is 2. The molecule has 0 unspecified atom stereocenters. The highest BCUT2D eigenvalue weighted by Crippen LogP contribution is 2.32. The monoisotopic (exact) mass is 423 g/mol. The number of fused-ring (bicyclic) bond motifs is 1. The van der Waals surface area contributed by atoms with Crippen LogP contribution >= 0.6 is 0 Å². The second-order valence-electron chi connectivity index (χ2n) is 7.43. The van der Waals surface area contributed by atoms with E-state index < -0.39 is 5.97 Å². The summed E-state index contributed by atoms with van der Waals surface area (Å²) in [5.41, 5.74) is 4.74. The largest absolute Gasteiger partial charge is 0.457 e. The number of nitrogens with one attached hydrogen (secondary N) is 1. The van der Waals surface area contributed by atoms with Crippen LogP contribution in [0.3, 0.4) is 0 Å². The highest BCUT2D eigenvalue weighted by Gasteiger charge is 2.17. The first-order valence-corrected chi connectivity index (χ1v) is 10.3. The van der Waals surface area contributed by atoms with E-state index in [1.165, 1.54) is 11.8 Å². The lowest BCUT2D eigenvalue weighted by Gasteiger charge is -2.10. The van der Waals surface area contributed by atoms with Gasteiger partial charge in [0.15, 0.2) is 0 Å². The molecule has 0 aliphatic heterocycles. The average Bonchev–Trinajstić information content (AvgIpc) is 3.48. The average molecular weight is 423 g/mol. The van der Waals surface area contributed by atoms with Gasteiger partial charge in [0.25, 0.3) is 0 Å². The van der Waals surface area contributed by atoms with Crippen LogP contribution in [0.5, 0.6) is 5.75 Å². The zero-order chi connectivity index (χ0) is 21.9. The Morgan fingerprint density at radius 2 is 1.91 bits per heavy atom. The van der Waals surface area contributed by atoms with E-state index in [-0.39, 0.29) is 5.76 Å². The third kappa shape index (κ3) is 3.86. The molecule has 158 valence electrons. The molecule has 0 atom stereocenters. The third-order valence-electron chi connectivity index (χ3n) is 5.19. The fourth-order valence-corrected chi connectivity index (χ4v) is 3.61. The lowest BCUT2D eigenvalue weighted by atomic mass is 10.1. The molecule has 32 heavy (non-hydrogen) atoms. The predicted molar refractivity (Wildman–Crippen MR) is 123 cm³/mol. The first-order chi connectivity index (χ1) is 15.7. The Bertz CT molecular complexity index is 1370. The number of rotatable bonds is 6. The molecule has 6 heteroatoms. The Kier molecular flexibility index (Phi) is 5.17. The molecule has 5 aromatic rings. The van der Waals surface area contributed by atoms with E-state index in [0.717, 1.165) is 28.3 Å². The van der Waals surface area contributed by atoms with Gasteiger partial charge in [-0.25, -0.2) is 9.78 Å². The van der Waals surface area contributed by atoms with Crippen LogP contribution in [0.1, 0.15) is 21.7 Å². The molecular weight excluding hydrogens is 402 g/mol. The number of anilines is 1. The number of aromatic nitrogens is 2. The second-order valence-corrected chi connectivity index (χ2v) is 7.43. The van der Waals surface area contributed by atoms with Crippen LogP contribution in [0.15, 0.2) is 95.7 Å². The van der Waals surface area contributed by atoms with Gasteiger partial charge in [-0.1, -0.05) is 48.5 Å². The third-order valence-corrected chi connectivity index (χ3v) is 5.19. The molecule has 5 rings (SSSR count). The van der Waals surface area contributed by atoms with Crippen molar-refractivity contribution in [3.8, 4) is 17.0 Å². The molecule has 3 aromatic heterocycles. The SMILES string of the molecule is Cc1cccn2c(NCc3ccccc3)c(-c3cccc(OC(=O)c4ccco4)c3)nc12. The van der Waals surface area contributed by atoms with Gasteiger partial charge in [-0.3, -0.25) is 4.40 Å². The van der Waals surface area contributed by atoms with Gasteiger partial charge in [0, 0.05) is 18.3 Å². The predicted octanol–water partition coefficient (Wildman–Crippen LogP) is 5.73. The molecule has 1 N–H and O–H groups in total. The summed E-state index contributed by atoms with van der Waals surface area (Å²) in [7, 11) is 0. The molecule has 0 aliphatic rings. The Labute approximate surface area is 185 Å². The lowest BCUT2D eigenvalue weighted by molar-refractivity contribution is 0.0701. The summed E-state index contributed by atoms with van der Waals surface area (Å²) in [6.45, 7) is 2.69. The maximum absolute atomic E-state index is 12.3. The Morgan fingerprint density at radius 3 is 2.72 bits per heavy atom. The number of carbonyl (C=O) groups is 1. The molecule has 0 bridgehead atoms. The summed E-state index contributed by atoms with van der Waals surface area (Å²) >= 11 is 0. The number of imidazole rings is 1. The maximum Gasteiger partial charge on any atom is 0.379 e. The van der Waals surface area contributed by atoms with E-state index in [1.807, 2.05) is 61.7 Å². The maximum atomic E-state index is 12.3. The summed E-state index contributed by atoms with van der Waals surface area (Å²) in [5, 5.41) is 3.54. The number of ether oxygens (including phenoxy) is 1. The van der Waals surface area contributed by atoms with Crippen molar-refractivity contribution in [3.05, 3.63) is 108 Å². The van der Waals surface area contributed by atoms with Gasteiger partial charge in [0.2, 0.25) is 5.76 Å². The molecule has 6 nitrogen and oxygen atoms in total. The van der Waals surface area contributed by atoms with Crippen molar-refractivity contribution >= 4 is 17.4 Å². The van der Waals surface area contributed by atoms with Gasteiger partial charge in [0.05, 0.1) is 6.26 Å². The summed E-state index contributed by atoms with van der Waals surface area (Å²) in [6.07, 6.45) is 3.43. The van der Waals surface area contributed by atoms with Crippen LogP contribution in [0.4, 0.5) is 5.82 Å². The van der Waals surface area contributed by atoms with Crippen LogP contribution in [0, 0.1) is 6.92 Å². The molecule has 0 aliphatic carbocycles. The topological polar surface area (TPSA) is 68.8 Å². The van der Waals surface area contributed by atoms with E-state index in [4.69, 9.17) is 14.1 Å². The minimum atomic E-state index is -0.541. The van der Waals surface area contributed by atoms with E-state index in [1.54, 1.807) is 18.2 Å². The molecule has 0 saturated carbocycles. The first kappa shape index (κ1) is 19.6. The van der Waals surface area contributed by atoms with Crippen molar-refractivity contribution in [2.45, 2.75) is 13.5 Å². The number of aryl methyl sites for hydroxylation is 1. The first-order valence-electron chi connectivity index (χ1n) is 10.3. The van der Waals surface area contributed by atoms with Crippen LogP contribution in [0.25, 0.3) is 16.9 Å². The van der Waals surface area contributed by atoms with E-state index in [9.17, 15) is 4.79 Å². The quantitative estimate of drug-likeness (QED) is 0.279. The summed E-state index contributed by atoms with van der Waals surface area (Å²) in [4.78, 5) is 17.2. The zero-order valence-corrected chi connectivity index (χ0v) is 17.5. The van der Waals surface area contributed by atoms with Crippen molar-refractivity contribution < 1.29 is 13.9 Å². The molecule has 0 saturated heterocycles. The van der Waals surface area contributed by atoms with Crippen LogP contribution in [0.2, 0.25) is 0 Å². The number of furan rings is 1. The fourth-order valence-electron chi connectivity index (χ4n) is 3.61.